The van der Waals surface area contributed by atoms with Crippen LogP contribution in [0.25, 0.3) is 0 Å². The number of amides is 3. The van der Waals surface area contributed by atoms with Gasteiger partial charge in [-0.3, -0.25) is 29.4 Å². The zero-order valence-corrected chi connectivity index (χ0v) is 50.9. The Bertz CT molecular complexity index is 3760. The fraction of sp³-hybridized carbons (Fsp3) is 0.350. The summed E-state index contributed by atoms with van der Waals surface area (Å²) in [6.07, 6.45) is 12.4. The number of pyridine rings is 3. The number of hydrogen-bond acceptors (Lipinski definition) is 18. The molecule has 3 aliphatic heterocycles. The number of rotatable bonds is 15. The highest BCUT2D eigenvalue weighted by molar-refractivity contribution is 7.93. The van der Waals surface area contributed by atoms with Crippen LogP contribution in [0.5, 0.6) is 0 Å². The molecule has 438 valence electrons. The molecule has 6 aromatic rings. The van der Waals surface area contributed by atoms with Gasteiger partial charge < -0.3 is 31.9 Å². The lowest BCUT2D eigenvalue weighted by Crippen LogP contribution is -2.15. The lowest BCUT2D eigenvalue weighted by molar-refractivity contribution is -0.118. The summed E-state index contributed by atoms with van der Waals surface area (Å²) >= 11 is 0. The molecule has 0 radical (unpaired) electrons. The van der Waals surface area contributed by atoms with Crippen LogP contribution < -0.4 is 31.9 Å². The predicted molar refractivity (Wildman–Crippen MR) is 337 cm³/mol. The average Bonchev–Trinajstić information content (AvgIpc) is 2.93. The van der Waals surface area contributed by atoms with Crippen LogP contribution in [0, 0.1) is 17.8 Å². The zero-order valence-electron chi connectivity index (χ0n) is 48.5. The fourth-order valence-corrected chi connectivity index (χ4v) is 12.7. The molecule has 3 saturated carbocycles. The highest BCUT2D eigenvalue weighted by atomic mass is 32.2. The molecule has 24 heteroatoms. The van der Waals surface area contributed by atoms with Gasteiger partial charge in [-0.05, 0) is 95.7 Å². The van der Waals surface area contributed by atoms with Gasteiger partial charge in [-0.15, -0.1) is 0 Å². The predicted octanol–water partition coefficient (Wildman–Crippen LogP) is 11.7. The van der Waals surface area contributed by atoms with Gasteiger partial charge in [0, 0.05) is 112 Å². The number of benzene rings is 3. The van der Waals surface area contributed by atoms with Gasteiger partial charge in [0.15, 0.2) is 0 Å². The summed E-state index contributed by atoms with van der Waals surface area (Å²) in [4.78, 5) is 66.0. The third-order valence-electron chi connectivity index (χ3n) is 14.7. The van der Waals surface area contributed by atoms with Gasteiger partial charge in [0.2, 0.25) is 17.7 Å². The third-order valence-corrected chi connectivity index (χ3v) is 20.3. The van der Waals surface area contributed by atoms with Crippen molar-refractivity contribution in [3.8, 4) is 0 Å². The van der Waals surface area contributed by atoms with Crippen molar-refractivity contribution in [1.82, 2.24) is 15.0 Å². The van der Waals surface area contributed by atoms with Gasteiger partial charge in [0.25, 0.3) is 0 Å². The minimum absolute atomic E-state index is 0.01000. The van der Waals surface area contributed by atoms with E-state index in [2.05, 4.69) is 74.9 Å². The summed E-state index contributed by atoms with van der Waals surface area (Å²) < 4.78 is 50.7. The van der Waals surface area contributed by atoms with Gasteiger partial charge >= 0.3 is 0 Å². The van der Waals surface area contributed by atoms with Gasteiger partial charge in [-0.1, -0.05) is 36.4 Å². The van der Waals surface area contributed by atoms with E-state index < -0.39 is 29.2 Å². The molecule has 3 aromatic heterocycles. The van der Waals surface area contributed by atoms with Crippen molar-refractivity contribution in [1.29, 1.82) is 0 Å². The van der Waals surface area contributed by atoms with E-state index in [1.54, 1.807) is 58.1 Å². The first-order valence-electron chi connectivity index (χ1n) is 27.7. The minimum atomic E-state index is -2.51. The second-order valence-corrected chi connectivity index (χ2v) is 29.0. The molecule has 6 N–H and O–H groups in total. The van der Waals surface area contributed by atoms with Crippen molar-refractivity contribution in [2.24, 2.45) is 45.8 Å². The van der Waals surface area contributed by atoms with E-state index in [1.807, 2.05) is 93.6 Å². The quantitative estimate of drug-likeness (QED) is 0.0560. The lowest BCUT2D eigenvalue weighted by atomic mass is 10.2. The van der Waals surface area contributed by atoms with E-state index in [0.29, 0.717) is 68.5 Å². The summed E-state index contributed by atoms with van der Waals surface area (Å²) in [5.41, 5.74) is 11.9. The van der Waals surface area contributed by atoms with Crippen LogP contribution in [0.1, 0.15) is 76.4 Å². The Morgan fingerprint density at radius 3 is 0.905 bits per heavy atom. The Morgan fingerprint density at radius 1 is 0.417 bits per heavy atom. The topological polar surface area (TPSA) is 287 Å². The number of nitrogens with zero attached hydrogens (tertiary/aromatic N) is 9. The monoisotopic (exact) mass is 1190 g/mol. The van der Waals surface area contributed by atoms with Gasteiger partial charge in [0.1, 0.15) is 34.5 Å². The van der Waals surface area contributed by atoms with Crippen molar-refractivity contribution >= 4 is 133 Å². The van der Waals surface area contributed by atoms with Gasteiger partial charge in [0.05, 0.1) is 95.1 Å². The first kappa shape index (κ1) is 59.0. The fourth-order valence-electron chi connectivity index (χ4n) is 9.57. The highest BCUT2D eigenvalue weighted by Crippen LogP contribution is 2.43. The Kier molecular flexibility index (Phi) is 17.0. The summed E-state index contributed by atoms with van der Waals surface area (Å²) in [6, 6.07) is 27.6. The molecule has 0 spiro atoms. The largest absolute Gasteiger partial charge is 0.353 e. The first-order chi connectivity index (χ1) is 40.1. The number of anilines is 9. The molecule has 3 atom stereocenters. The van der Waals surface area contributed by atoms with E-state index in [-0.39, 0.29) is 35.5 Å². The maximum Gasteiger partial charge on any atom is 0.228 e. The van der Waals surface area contributed by atoms with Crippen LogP contribution in [0.4, 0.5) is 68.6 Å². The summed E-state index contributed by atoms with van der Waals surface area (Å²) in [7, 11) is -2.87. The van der Waals surface area contributed by atoms with Crippen molar-refractivity contribution < 1.29 is 27.0 Å². The van der Waals surface area contributed by atoms with E-state index in [9.17, 15) is 27.0 Å². The van der Waals surface area contributed by atoms with Crippen LogP contribution in [-0.2, 0) is 62.8 Å². The number of carbonyl (C=O) groups excluding carboxylic acids is 3. The van der Waals surface area contributed by atoms with E-state index in [0.717, 1.165) is 107 Å². The number of carbonyl (C=O) groups is 3. The summed E-state index contributed by atoms with van der Waals surface area (Å²) in [6.45, 7) is 5.87. The second kappa shape index (κ2) is 24.2. The van der Waals surface area contributed by atoms with Crippen molar-refractivity contribution in [3.63, 3.8) is 0 Å². The number of aromatic nitrogens is 3. The maximum atomic E-state index is 12.8. The van der Waals surface area contributed by atoms with Crippen LogP contribution in [-0.4, -0.2) is 102 Å². The Balaban J connectivity index is 0.000000140. The number of hydrogen-bond donors (Lipinski definition) is 6. The number of para-hydroxylation sites is 3. The maximum absolute atomic E-state index is 12.8. The molecule has 3 aromatic carbocycles. The Morgan fingerprint density at radius 2 is 0.667 bits per heavy atom. The highest BCUT2D eigenvalue weighted by Gasteiger charge is 2.33. The average molecular weight is 1190 g/mol. The Hall–Kier alpha value is -8.22. The number of nitrogens with one attached hydrogen (secondary N) is 6. The van der Waals surface area contributed by atoms with Crippen LogP contribution in [0.2, 0.25) is 0 Å². The van der Waals surface area contributed by atoms with Crippen molar-refractivity contribution in [3.05, 3.63) is 108 Å². The molecule has 12 rings (SSSR count). The molecule has 6 aliphatic rings. The molecule has 1 unspecified atom stereocenters. The molecule has 0 saturated heterocycles. The molecular formula is C60H69N15O6S3. The SMILES string of the molecule is CN=S(C)(=O)c1ccccc1Nc1cc(NC(=O)C2CC2)nc2c1N=C(C)C2.CN=[S@@](C)(=O)c1ccccc1Nc1cc(NC(=O)C2CC2)nc2c1N=C(C)C2.CN=[S@](C)(=O)c1ccccc1Nc1cc(NC(=O)C2CC2)nc2c1N=C(C)C2. The molecule has 3 fully saturated rings. The van der Waals surface area contributed by atoms with Crippen LogP contribution >= 0.6 is 0 Å². The molecule has 84 heavy (non-hydrogen) atoms. The van der Waals surface area contributed by atoms with Crippen LogP contribution in [0.3, 0.4) is 0 Å². The molecule has 3 aliphatic carbocycles. The molecule has 6 heterocycles. The van der Waals surface area contributed by atoms with Crippen molar-refractivity contribution in [2.45, 2.75) is 93.2 Å². The second-order valence-electron chi connectivity index (χ2n) is 21.7. The normalized spacial score (nSPS) is 17.3. The number of fused-ring (bicyclic) bond motifs is 3. The van der Waals surface area contributed by atoms with Gasteiger partial charge in [-0.2, -0.15) is 0 Å². The zero-order chi connectivity index (χ0) is 59.7. The van der Waals surface area contributed by atoms with E-state index >= 15 is 0 Å². The number of aliphatic imine (C=N–C) groups is 3. The summed E-state index contributed by atoms with van der Waals surface area (Å²) in [5, 5.41) is 18.8. The molecule has 21 nitrogen and oxygen atoms in total. The third kappa shape index (κ3) is 13.7. The molecular weight excluding hydrogens is 1120 g/mol. The Labute approximate surface area is 491 Å². The van der Waals surface area contributed by atoms with E-state index in [1.165, 1.54) is 0 Å². The summed E-state index contributed by atoms with van der Waals surface area (Å²) in [5.74, 6) is 1.86. The van der Waals surface area contributed by atoms with Gasteiger partial charge in [-0.25, -0.2) is 40.7 Å². The molecule has 3 amide bonds. The van der Waals surface area contributed by atoms with E-state index in [4.69, 9.17) is 0 Å². The standard InChI is InChI=1S/3C20H23N5O2S/c3*1-12-10-15-19(22-12)16(11-18(24-15)25-20(26)13-8-9-13)23-14-6-4-5-7-17(14)28(3,27)21-2/h3*4-7,11,13H,8-10H2,1-3H3,(H2,23,24,25,26)/t2*28-;/m10./s1. The van der Waals surface area contributed by atoms with Crippen molar-refractivity contribution in [2.75, 3.05) is 71.8 Å². The van der Waals surface area contributed by atoms with Crippen LogP contribution in [0.15, 0.2) is 134 Å². The first-order valence-corrected chi connectivity index (χ1v) is 33.4. The minimum Gasteiger partial charge on any atom is -0.353 e. The smallest absolute Gasteiger partial charge is 0.228 e. The molecule has 0 bridgehead atoms. The lowest BCUT2D eigenvalue weighted by Gasteiger charge is -2.16.